The van der Waals surface area contributed by atoms with Gasteiger partial charge in [-0.1, -0.05) is 32.1 Å². The second kappa shape index (κ2) is 5.48. The zero-order valence-electron chi connectivity index (χ0n) is 15.5. The van der Waals surface area contributed by atoms with E-state index in [0.717, 1.165) is 27.8 Å². The van der Waals surface area contributed by atoms with Gasteiger partial charge in [-0.3, -0.25) is 0 Å². The number of furan rings is 1. The van der Waals surface area contributed by atoms with E-state index in [9.17, 15) is 0 Å². The van der Waals surface area contributed by atoms with Crippen molar-refractivity contribution in [3.05, 3.63) is 65.5 Å². The van der Waals surface area contributed by atoms with E-state index < -0.39 is 0 Å². The van der Waals surface area contributed by atoms with E-state index in [4.69, 9.17) is 9.40 Å². The summed E-state index contributed by atoms with van der Waals surface area (Å²) in [7, 11) is 2.11. The minimum atomic E-state index is -0.243. The van der Waals surface area contributed by atoms with Crippen LogP contribution in [0.1, 0.15) is 43.5 Å². The van der Waals surface area contributed by atoms with Gasteiger partial charge in [-0.25, -0.2) is 4.98 Å². The molecule has 0 N–H and O–H groups in total. The highest BCUT2D eigenvalue weighted by atomic mass is 16.3. The fraction of sp³-hybridized carbons (Fsp3) is 0.318. The van der Waals surface area contributed by atoms with E-state index in [1.165, 1.54) is 11.1 Å². The molecule has 3 nitrogen and oxygen atoms in total. The second-order valence-corrected chi connectivity index (χ2v) is 7.43. The van der Waals surface area contributed by atoms with Crippen molar-refractivity contribution in [2.75, 3.05) is 7.05 Å². The third-order valence-corrected chi connectivity index (χ3v) is 5.38. The molecule has 1 aromatic carbocycles. The number of fused-ring (bicyclic) bond motifs is 3. The number of aromatic nitrogens is 1. The lowest BCUT2D eigenvalue weighted by Crippen LogP contribution is -2.37. The first-order valence-corrected chi connectivity index (χ1v) is 8.84. The molecule has 0 amide bonds. The van der Waals surface area contributed by atoms with E-state index >= 15 is 0 Å². The van der Waals surface area contributed by atoms with Crippen molar-refractivity contribution < 1.29 is 4.42 Å². The predicted octanol–water partition coefficient (Wildman–Crippen LogP) is 5.64. The number of nitrogens with zero attached hydrogens (tertiary/aromatic N) is 2. The highest BCUT2D eigenvalue weighted by Crippen LogP contribution is 2.41. The monoisotopic (exact) mass is 332 g/mol. The van der Waals surface area contributed by atoms with Crippen LogP contribution in [0.5, 0.6) is 0 Å². The molecule has 0 aliphatic carbocycles. The minimum absolute atomic E-state index is 0.243. The van der Waals surface area contributed by atoms with E-state index in [2.05, 4.69) is 88.3 Å². The number of aryl methyl sites for hydroxylation is 1. The van der Waals surface area contributed by atoms with Crippen molar-refractivity contribution in [2.24, 2.45) is 0 Å². The van der Waals surface area contributed by atoms with Gasteiger partial charge in [-0.05, 0) is 55.8 Å². The summed E-state index contributed by atoms with van der Waals surface area (Å²) in [4.78, 5) is 7.11. The van der Waals surface area contributed by atoms with E-state index in [0.29, 0.717) is 5.92 Å². The summed E-state index contributed by atoms with van der Waals surface area (Å²) in [6.07, 6.45) is 8.51. The van der Waals surface area contributed by atoms with E-state index in [1.807, 2.05) is 0 Å². The Labute approximate surface area is 148 Å². The second-order valence-electron chi connectivity index (χ2n) is 7.43. The lowest BCUT2D eigenvalue weighted by Gasteiger charge is -2.38. The molecule has 3 aromatic rings. The molecule has 3 heterocycles. The van der Waals surface area contributed by atoms with Crippen LogP contribution in [-0.4, -0.2) is 16.9 Å². The number of hydrogen-bond acceptors (Lipinski definition) is 3. The molecular weight excluding hydrogens is 308 g/mol. The lowest BCUT2D eigenvalue weighted by molar-refractivity contribution is 0.261. The molecule has 0 radical (unpaired) electrons. The summed E-state index contributed by atoms with van der Waals surface area (Å²) in [5.74, 6) is 0.398. The molecule has 1 unspecified atom stereocenters. The van der Waals surface area contributed by atoms with Gasteiger partial charge in [0.05, 0.1) is 5.54 Å². The zero-order chi connectivity index (χ0) is 17.8. The first kappa shape index (κ1) is 15.9. The van der Waals surface area contributed by atoms with Gasteiger partial charge in [0, 0.05) is 23.7 Å². The Morgan fingerprint density at radius 2 is 1.92 bits per heavy atom. The Hall–Kier alpha value is -2.55. The van der Waals surface area contributed by atoms with Crippen LogP contribution in [0, 0.1) is 6.92 Å². The van der Waals surface area contributed by atoms with E-state index in [1.54, 1.807) is 0 Å². The molecule has 1 aliphatic heterocycles. The molecule has 1 atom stereocenters. The van der Waals surface area contributed by atoms with Crippen molar-refractivity contribution in [3.63, 3.8) is 0 Å². The summed E-state index contributed by atoms with van der Waals surface area (Å²) in [6.45, 7) is 8.72. The number of allylic oxidation sites excluding steroid dienone is 2. The average Bonchev–Trinajstić information content (AvgIpc) is 2.94. The van der Waals surface area contributed by atoms with Gasteiger partial charge in [0.2, 0.25) is 0 Å². The first-order chi connectivity index (χ1) is 11.9. The molecule has 0 fully saturated rings. The van der Waals surface area contributed by atoms with Gasteiger partial charge in [0.15, 0.2) is 5.58 Å². The average molecular weight is 332 g/mol. The van der Waals surface area contributed by atoms with Crippen LogP contribution in [0.15, 0.2) is 53.1 Å². The van der Waals surface area contributed by atoms with Crippen LogP contribution in [0.3, 0.4) is 0 Å². The van der Waals surface area contributed by atoms with E-state index in [-0.39, 0.29) is 5.54 Å². The van der Waals surface area contributed by atoms with Crippen LogP contribution < -0.4 is 0 Å². The van der Waals surface area contributed by atoms with Crippen LogP contribution in [0.4, 0.5) is 0 Å². The van der Waals surface area contributed by atoms with Crippen LogP contribution >= 0.6 is 0 Å². The third-order valence-electron chi connectivity index (χ3n) is 5.38. The number of benzene rings is 1. The molecule has 0 spiro atoms. The fourth-order valence-electron chi connectivity index (χ4n) is 3.72. The lowest BCUT2D eigenvalue weighted by atomic mass is 9.84. The zero-order valence-corrected chi connectivity index (χ0v) is 15.5. The predicted molar refractivity (Wildman–Crippen MR) is 104 cm³/mol. The van der Waals surface area contributed by atoms with Gasteiger partial charge in [0.1, 0.15) is 11.1 Å². The first-order valence-electron chi connectivity index (χ1n) is 8.84. The summed E-state index contributed by atoms with van der Waals surface area (Å²) >= 11 is 0. The Kier molecular flexibility index (Phi) is 3.50. The van der Waals surface area contributed by atoms with Crippen molar-refractivity contribution in [3.8, 4) is 0 Å². The van der Waals surface area contributed by atoms with Gasteiger partial charge in [0.25, 0.3) is 0 Å². The maximum absolute atomic E-state index is 6.32. The molecule has 25 heavy (non-hydrogen) atoms. The van der Waals surface area contributed by atoms with Crippen molar-refractivity contribution in [2.45, 2.75) is 39.2 Å². The molecular formula is C22H24N2O. The Balaban J connectivity index is 2.05. The molecule has 0 saturated heterocycles. The summed E-state index contributed by atoms with van der Waals surface area (Å²) in [6, 6.07) is 8.45. The number of likely N-dealkylation sites (N-methyl/N-ethyl adjacent to an activating group) is 1. The highest BCUT2D eigenvalue weighted by molar-refractivity contribution is 6.04. The van der Waals surface area contributed by atoms with Crippen molar-refractivity contribution in [1.29, 1.82) is 0 Å². The smallest absolute Gasteiger partial charge is 0.153 e. The van der Waals surface area contributed by atoms with Gasteiger partial charge < -0.3 is 9.32 Å². The largest absolute Gasteiger partial charge is 0.454 e. The fourth-order valence-corrected chi connectivity index (χ4v) is 3.72. The van der Waals surface area contributed by atoms with Crippen LogP contribution in [0.2, 0.25) is 0 Å². The molecule has 128 valence electrons. The Morgan fingerprint density at radius 3 is 2.64 bits per heavy atom. The number of rotatable bonds is 2. The van der Waals surface area contributed by atoms with Gasteiger partial charge in [-0.15, -0.1) is 0 Å². The maximum atomic E-state index is 6.32. The number of hydrogen-bond donors (Lipinski definition) is 0. The van der Waals surface area contributed by atoms with Crippen LogP contribution in [-0.2, 0) is 5.54 Å². The number of pyridine rings is 1. The standard InChI is InChI=1S/C22H24N2O/c1-14(2)17-10-11-18-20(23-17)16-9-8-15(3)19(21(16)25-18)22(4)12-6-7-13-24(22)5/h6-14H,1-5H3. The molecule has 4 rings (SSSR count). The van der Waals surface area contributed by atoms with Crippen molar-refractivity contribution in [1.82, 2.24) is 9.88 Å². The van der Waals surface area contributed by atoms with Gasteiger partial charge >= 0.3 is 0 Å². The topological polar surface area (TPSA) is 29.3 Å². The Bertz CT molecular complexity index is 1030. The minimum Gasteiger partial charge on any atom is -0.454 e. The molecule has 0 saturated carbocycles. The normalized spacial score (nSPS) is 20.3. The summed E-state index contributed by atoms with van der Waals surface area (Å²) < 4.78 is 6.32. The van der Waals surface area contributed by atoms with Crippen molar-refractivity contribution >= 4 is 22.1 Å². The summed E-state index contributed by atoms with van der Waals surface area (Å²) in [5.41, 5.74) is 6.05. The summed E-state index contributed by atoms with van der Waals surface area (Å²) in [5, 5.41) is 1.09. The van der Waals surface area contributed by atoms with Crippen LogP contribution in [0.25, 0.3) is 22.1 Å². The SMILES string of the molecule is Cc1ccc2c(oc3ccc(C(C)C)nc32)c1C1(C)C=CC=CN1C. The quantitative estimate of drug-likeness (QED) is 0.608. The highest BCUT2D eigenvalue weighted by Gasteiger charge is 2.33. The molecule has 3 heteroatoms. The molecule has 0 bridgehead atoms. The molecule has 1 aliphatic rings. The Morgan fingerprint density at radius 1 is 1.12 bits per heavy atom. The maximum Gasteiger partial charge on any atom is 0.153 e. The molecule has 2 aromatic heterocycles. The van der Waals surface area contributed by atoms with Gasteiger partial charge in [-0.2, -0.15) is 0 Å². The third kappa shape index (κ3) is 2.30.